The molecule has 0 radical (unpaired) electrons. The van der Waals surface area contributed by atoms with E-state index in [-0.39, 0.29) is 19.0 Å². The van der Waals surface area contributed by atoms with Crippen LogP contribution in [0, 0.1) is 17.7 Å². The van der Waals surface area contributed by atoms with Crippen molar-refractivity contribution in [2.75, 3.05) is 6.61 Å². The molecule has 3 nitrogen and oxygen atoms in total. The third-order valence-electron chi connectivity index (χ3n) is 2.58. The van der Waals surface area contributed by atoms with Crippen LogP contribution < -0.4 is 4.74 Å². The molecule has 0 spiro atoms. The first-order valence-electron chi connectivity index (χ1n) is 6.30. The van der Waals surface area contributed by atoms with Crippen LogP contribution in [0.4, 0.5) is 4.39 Å². The monoisotopic (exact) mass is 305 g/mol. The summed E-state index contributed by atoms with van der Waals surface area (Å²) in [4.78, 5) is 4.01. The first-order chi connectivity index (χ1) is 10.2. The molecule has 0 bridgehead atoms. The Morgan fingerprint density at radius 2 is 2.14 bits per heavy atom. The topological polar surface area (TPSA) is 42.4 Å². The van der Waals surface area contributed by atoms with Gasteiger partial charge in [0.1, 0.15) is 18.2 Å². The second-order valence-corrected chi connectivity index (χ2v) is 4.65. The molecule has 2 rings (SSSR count). The van der Waals surface area contributed by atoms with Crippen molar-refractivity contribution >= 4 is 11.6 Å². The predicted molar refractivity (Wildman–Crippen MR) is 78.6 cm³/mol. The first-order valence-corrected chi connectivity index (χ1v) is 6.68. The van der Waals surface area contributed by atoms with E-state index in [1.807, 2.05) is 0 Å². The van der Waals surface area contributed by atoms with E-state index in [0.717, 1.165) is 0 Å². The largest absolute Gasteiger partial charge is 0.487 e. The molecule has 5 heteroatoms. The summed E-state index contributed by atoms with van der Waals surface area (Å²) in [6, 6.07) is 6.02. The molecule has 2 aromatic rings. The maximum Gasteiger partial charge on any atom is 0.139 e. The van der Waals surface area contributed by atoms with E-state index < -0.39 is 0 Å². The lowest BCUT2D eigenvalue weighted by Gasteiger charge is -2.07. The fraction of sp³-hybridized carbons (Fsp3) is 0.188. The minimum atomic E-state index is -0.369. The van der Waals surface area contributed by atoms with Gasteiger partial charge in [-0.2, -0.15) is 0 Å². The number of aromatic nitrogens is 1. The van der Waals surface area contributed by atoms with E-state index in [1.165, 1.54) is 24.4 Å². The van der Waals surface area contributed by atoms with Crippen molar-refractivity contribution in [3.63, 3.8) is 0 Å². The van der Waals surface area contributed by atoms with Crippen molar-refractivity contribution in [1.29, 1.82) is 0 Å². The minimum Gasteiger partial charge on any atom is -0.487 e. The van der Waals surface area contributed by atoms with Crippen LogP contribution >= 0.6 is 11.6 Å². The lowest BCUT2D eigenvalue weighted by atomic mass is 10.2. The van der Waals surface area contributed by atoms with Crippen molar-refractivity contribution in [3.8, 4) is 17.6 Å². The van der Waals surface area contributed by atoms with Gasteiger partial charge in [-0.1, -0.05) is 23.4 Å². The quantitative estimate of drug-likeness (QED) is 0.882. The summed E-state index contributed by atoms with van der Waals surface area (Å²) in [5.74, 6) is 5.77. The number of pyridine rings is 1. The molecule has 1 aromatic carbocycles. The highest BCUT2D eigenvalue weighted by molar-refractivity contribution is 6.30. The van der Waals surface area contributed by atoms with Crippen LogP contribution in [-0.4, -0.2) is 16.7 Å². The summed E-state index contributed by atoms with van der Waals surface area (Å²) < 4.78 is 19.1. The van der Waals surface area contributed by atoms with Crippen LogP contribution in [0.25, 0.3) is 0 Å². The second-order valence-electron chi connectivity index (χ2n) is 4.21. The van der Waals surface area contributed by atoms with Crippen LogP contribution in [-0.2, 0) is 6.61 Å². The van der Waals surface area contributed by atoms with Crippen LogP contribution in [0.15, 0.2) is 36.7 Å². The molecule has 108 valence electrons. The van der Waals surface area contributed by atoms with Gasteiger partial charge in [0.2, 0.25) is 0 Å². The second kappa shape index (κ2) is 7.63. The van der Waals surface area contributed by atoms with Gasteiger partial charge in [-0.3, -0.25) is 4.98 Å². The number of benzene rings is 1. The van der Waals surface area contributed by atoms with Gasteiger partial charge in [0.15, 0.2) is 0 Å². The highest BCUT2D eigenvalue weighted by Crippen LogP contribution is 2.18. The zero-order chi connectivity index (χ0) is 15.1. The van der Waals surface area contributed by atoms with Gasteiger partial charge in [-0.15, -0.1) is 0 Å². The average Bonchev–Trinajstić information content (AvgIpc) is 2.49. The Morgan fingerprint density at radius 1 is 1.29 bits per heavy atom. The number of rotatable bonds is 4. The Bertz CT molecular complexity index is 679. The van der Waals surface area contributed by atoms with Gasteiger partial charge in [0.25, 0.3) is 0 Å². The number of ether oxygens (including phenoxy) is 1. The van der Waals surface area contributed by atoms with Crippen molar-refractivity contribution in [1.82, 2.24) is 4.98 Å². The molecule has 1 heterocycles. The molecular weight excluding hydrogens is 293 g/mol. The number of nitrogens with zero attached hydrogens (tertiary/aromatic N) is 1. The molecule has 1 N–H and O–H groups in total. The fourth-order valence-electron chi connectivity index (χ4n) is 1.60. The number of aliphatic hydroxyl groups is 1. The maximum absolute atomic E-state index is 13.6. The van der Waals surface area contributed by atoms with Gasteiger partial charge in [-0.05, 0) is 24.3 Å². The lowest BCUT2D eigenvalue weighted by Crippen LogP contribution is -1.99. The Hall–Kier alpha value is -2.09. The van der Waals surface area contributed by atoms with Crippen molar-refractivity contribution < 1.29 is 14.2 Å². The molecule has 0 amide bonds. The SMILES string of the molecule is OCCC#Cc1cncc(OCc2cc(Cl)ccc2F)c1. The van der Waals surface area contributed by atoms with E-state index in [9.17, 15) is 4.39 Å². The summed E-state index contributed by atoms with van der Waals surface area (Å²) in [6.45, 7) is 0.0757. The van der Waals surface area contributed by atoms with Gasteiger partial charge >= 0.3 is 0 Å². The van der Waals surface area contributed by atoms with E-state index in [4.69, 9.17) is 21.4 Å². The average molecular weight is 306 g/mol. The summed E-state index contributed by atoms with van der Waals surface area (Å²) in [7, 11) is 0. The van der Waals surface area contributed by atoms with Crippen LogP contribution in [0.1, 0.15) is 17.5 Å². The molecule has 0 aliphatic rings. The summed E-state index contributed by atoms with van der Waals surface area (Å²) in [5.41, 5.74) is 1.05. The minimum absolute atomic E-state index is 0.0185. The first kappa shape index (κ1) is 15.3. The van der Waals surface area contributed by atoms with Crippen LogP contribution in [0.5, 0.6) is 5.75 Å². The van der Waals surface area contributed by atoms with Gasteiger partial charge in [0, 0.05) is 28.8 Å². The van der Waals surface area contributed by atoms with E-state index >= 15 is 0 Å². The Labute approximate surface area is 127 Å². The number of hydrogen-bond donors (Lipinski definition) is 1. The predicted octanol–water partition coefficient (Wildman–Crippen LogP) is 3.19. The third-order valence-corrected chi connectivity index (χ3v) is 2.82. The fourth-order valence-corrected chi connectivity index (χ4v) is 1.80. The molecule has 0 saturated heterocycles. The highest BCUT2D eigenvalue weighted by Gasteiger charge is 2.04. The molecule has 0 aliphatic carbocycles. The number of halogens is 2. The van der Waals surface area contributed by atoms with Crippen molar-refractivity contribution in [2.45, 2.75) is 13.0 Å². The van der Waals surface area contributed by atoms with E-state index in [2.05, 4.69) is 16.8 Å². The Balaban J connectivity index is 2.05. The molecular formula is C16H13ClFNO2. The molecule has 0 unspecified atom stereocenters. The number of aliphatic hydroxyl groups excluding tert-OH is 1. The standard InChI is InChI=1S/C16H13ClFNO2/c17-14-4-5-16(18)13(8-14)11-21-15-7-12(9-19-10-15)3-1-2-6-20/h4-5,7-10,20H,2,6,11H2. The third kappa shape index (κ3) is 4.75. The van der Waals surface area contributed by atoms with Crippen molar-refractivity contribution in [3.05, 3.63) is 58.6 Å². The van der Waals surface area contributed by atoms with Crippen LogP contribution in [0.2, 0.25) is 5.02 Å². The summed E-state index contributed by atoms with van der Waals surface area (Å²) >= 11 is 5.82. The summed E-state index contributed by atoms with van der Waals surface area (Å²) in [6.07, 6.45) is 3.52. The highest BCUT2D eigenvalue weighted by atomic mass is 35.5. The maximum atomic E-state index is 13.6. The molecule has 0 aliphatic heterocycles. The molecule has 0 fully saturated rings. The van der Waals surface area contributed by atoms with E-state index in [0.29, 0.717) is 28.3 Å². The smallest absolute Gasteiger partial charge is 0.139 e. The van der Waals surface area contributed by atoms with Gasteiger partial charge in [-0.25, -0.2) is 4.39 Å². The normalized spacial score (nSPS) is 9.86. The molecule has 1 aromatic heterocycles. The zero-order valence-corrected chi connectivity index (χ0v) is 11.9. The number of hydrogen-bond acceptors (Lipinski definition) is 3. The van der Waals surface area contributed by atoms with Gasteiger partial charge in [0.05, 0.1) is 12.8 Å². The molecule has 0 atom stereocenters. The molecule has 0 saturated carbocycles. The van der Waals surface area contributed by atoms with Crippen molar-refractivity contribution in [2.24, 2.45) is 0 Å². The van der Waals surface area contributed by atoms with Crippen LogP contribution in [0.3, 0.4) is 0 Å². The lowest BCUT2D eigenvalue weighted by molar-refractivity contribution is 0.298. The molecule has 21 heavy (non-hydrogen) atoms. The Morgan fingerprint density at radius 3 is 2.95 bits per heavy atom. The van der Waals surface area contributed by atoms with Gasteiger partial charge < -0.3 is 9.84 Å². The zero-order valence-electron chi connectivity index (χ0n) is 11.1. The summed E-state index contributed by atoms with van der Waals surface area (Å²) in [5, 5.41) is 9.12. The Kier molecular flexibility index (Phi) is 5.56. The van der Waals surface area contributed by atoms with E-state index in [1.54, 1.807) is 12.3 Å².